The summed E-state index contributed by atoms with van der Waals surface area (Å²) < 4.78 is 0. The maximum atomic E-state index is 3.79. The average molecular weight is 242 g/mol. The van der Waals surface area contributed by atoms with Crippen LogP contribution in [0.25, 0.3) is 0 Å². The van der Waals surface area contributed by atoms with Crippen LogP contribution in [0.4, 0.5) is 0 Å². The molecular formula is C13H26N2S. The highest BCUT2D eigenvalue weighted by Gasteiger charge is 2.23. The molecule has 1 N–H and O–H groups in total. The largest absolute Gasteiger partial charge is 0.313 e. The van der Waals surface area contributed by atoms with Gasteiger partial charge in [-0.3, -0.25) is 0 Å². The van der Waals surface area contributed by atoms with E-state index in [0.29, 0.717) is 0 Å². The normalized spacial score (nSPS) is 37.5. The molecule has 0 aromatic rings. The Bertz CT molecular complexity index is 204. The van der Waals surface area contributed by atoms with Crippen LogP contribution in [0.2, 0.25) is 0 Å². The van der Waals surface area contributed by atoms with Gasteiger partial charge in [-0.2, -0.15) is 11.8 Å². The fraction of sp³-hybridized carbons (Fsp3) is 1.00. The first-order chi connectivity index (χ1) is 7.75. The number of hydrogen-bond acceptors (Lipinski definition) is 3. The van der Waals surface area contributed by atoms with Gasteiger partial charge in [0.2, 0.25) is 0 Å². The maximum Gasteiger partial charge on any atom is 0.0172 e. The van der Waals surface area contributed by atoms with Gasteiger partial charge in [-0.25, -0.2) is 0 Å². The number of hydrogen-bond donors (Lipinski definition) is 1. The Morgan fingerprint density at radius 2 is 2.19 bits per heavy atom. The molecule has 0 aliphatic carbocycles. The van der Waals surface area contributed by atoms with Crippen LogP contribution < -0.4 is 5.32 Å². The molecule has 0 amide bonds. The Morgan fingerprint density at radius 3 is 2.88 bits per heavy atom. The molecule has 3 atom stereocenters. The van der Waals surface area contributed by atoms with Crippen LogP contribution in [0, 0.1) is 0 Å². The van der Waals surface area contributed by atoms with Gasteiger partial charge in [0, 0.05) is 23.9 Å². The van der Waals surface area contributed by atoms with Crippen LogP contribution in [0.3, 0.4) is 0 Å². The molecule has 94 valence electrons. The number of nitrogens with one attached hydrogen (secondary N) is 1. The standard InChI is InChI=1S/C13H26N2S/c1-11-9-12(6-7-15(11)2)14-10-13-5-3-4-8-16-13/h11-14H,3-10H2,1-2H3. The van der Waals surface area contributed by atoms with E-state index in [9.17, 15) is 0 Å². The predicted octanol–water partition coefficient (Wildman–Crippen LogP) is 2.34. The van der Waals surface area contributed by atoms with Crippen molar-refractivity contribution in [3.05, 3.63) is 0 Å². The number of nitrogens with zero attached hydrogens (tertiary/aromatic N) is 1. The molecule has 0 radical (unpaired) electrons. The monoisotopic (exact) mass is 242 g/mol. The first kappa shape index (κ1) is 12.7. The van der Waals surface area contributed by atoms with Crippen molar-refractivity contribution in [2.24, 2.45) is 0 Å². The number of thioether (sulfide) groups is 1. The molecule has 0 bridgehead atoms. The van der Waals surface area contributed by atoms with Gasteiger partial charge >= 0.3 is 0 Å². The Hall–Kier alpha value is 0.270. The van der Waals surface area contributed by atoms with Crippen molar-refractivity contribution in [3.63, 3.8) is 0 Å². The summed E-state index contributed by atoms with van der Waals surface area (Å²) in [6.07, 6.45) is 6.97. The Kier molecular flexibility index (Phi) is 4.98. The first-order valence-electron chi connectivity index (χ1n) is 6.81. The molecule has 2 aliphatic rings. The third-order valence-corrected chi connectivity index (χ3v) is 5.51. The zero-order chi connectivity index (χ0) is 11.4. The van der Waals surface area contributed by atoms with E-state index in [1.807, 2.05) is 0 Å². The summed E-state index contributed by atoms with van der Waals surface area (Å²) in [5.74, 6) is 1.39. The lowest BCUT2D eigenvalue weighted by Gasteiger charge is -2.36. The fourth-order valence-corrected chi connectivity index (χ4v) is 3.99. The average Bonchev–Trinajstić information content (AvgIpc) is 2.32. The Morgan fingerprint density at radius 1 is 1.31 bits per heavy atom. The Labute approximate surface area is 105 Å². The van der Waals surface area contributed by atoms with Crippen molar-refractivity contribution in [1.82, 2.24) is 10.2 Å². The van der Waals surface area contributed by atoms with E-state index in [1.165, 1.54) is 50.9 Å². The van der Waals surface area contributed by atoms with Gasteiger partial charge < -0.3 is 10.2 Å². The predicted molar refractivity (Wildman–Crippen MR) is 73.2 cm³/mol. The quantitative estimate of drug-likeness (QED) is 0.818. The van der Waals surface area contributed by atoms with E-state index in [0.717, 1.165) is 17.3 Å². The van der Waals surface area contributed by atoms with Crippen LogP contribution in [0.5, 0.6) is 0 Å². The van der Waals surface area contributed by atoms with E-state index in [1.54, 1.807) is 0 Å². The third-order valence-electron chi connectivity index (χ3n) is 4.12. The van der Waals surface area contributed by atoms with Crippen LogP contribution in [-0.2, 0) is 0 Å². The van der Waals surface area contributed by atoms with Gasteiger partial charge in [-0.1, -0.05) is 6.42 Å². The van der Waals surface area contributed by atoms with Crippen molar-refractivity contribution >= 4 is 11.8 Å². The lowest BCUT2D eigenvalue weighted by Crippen LogP contribution is -2.47. The van der Waals surface area contributed by atoms with Crippen LogP contribution in [0.15, 0.2) is 0 Å². The van der Waals surface area contributed by atoms with Crippen molar-refractivity contribution in [3.8, 4) is 0 Å². The zero-order valence-corrected chi connectivity index (χ0v) is 11.6. The summed E-state index contributed by atoms with van der Waals surface area (Å²) >= 11 is 2.18. The SMILES string of the molecule is CC1CC(NCC2CCCCS2)CCN1C. The summed E-state index contributed by atoms with van der Waals surface area (Å²) in [6.45, 7) is 4.85. The van der Waals surface area contributed by atoms with E-state index in [-0.39, 0.29) is 0 Å². The summed E-state index contributed by atoms with van der Waals surface area (Å²) in [6, 6.07) is 1.53. The maximum absolute atomic E-state index is 3.79. The lowest BCUT2D eigenvalue weighted by molar-refractivity contribution is 0.169. The fourth-order valence-electron chi connectivity index (χ4n) is 2.74. The number of rotatable bonds is 3. The number of piperidine rings is 1. The molecule has 2 heterocycles. The highest BCUT2D eigenvalue weighted by molar-refractivity contribution is 7.99. The van der Waals surface area contributed by atoms with Crippen LogP contribution in [0.1, 0.15) is 39.0 Å². The third kappa shape index (κ3) is 3.64. The minimum Gasteiger partial charge on any atom is -0.313 e. The van der Waals surface area contributed by atoms with E-state index in [4.69, 9.17) is 0 Å². The molecule has 16 heavy (non-hydrogen) atoms. The van der Waals surface area contributed by atoms with Gasteiger partial charge in [0.1, 0.15) is 0 Å². The van der Waals surface area contributed by atoms with E-state index >= 15 is 0 Å². The van der Waals surface area contributed by atoms with Gasteiger partial charge in [0.05, 0.1) is 0 Å². The molecule has 2 fully saturated rings. The molecule has 2 rings (SSSR count). The van der Waals surface area contributed by atoms with Gasteiger partial charge in [0.25, 0.3) is 0 Å². The molecular weight excluding hydrogens is 216 g/mol. The second-order valence-corrected chi connectivity index (χ2v) is 6.86. The summed E-state index contributed by atoms with van der Waals surface area (Å²) in [5, 5.41) is 4.69. The smallest absolute Gasteiger partial charge is 0.0172 e. The zero-order valence-electron chi connectivity index (χ0n) is 10.7. The van der Waals surface area contributed by atoms with Crippen molar-refractivity contribution in [2.75, 3.05) is 25.9 Å². The molecule has 3 unspecified atom stereocenters. The molecule has 0 spiro atoms. The van der Waals surface area contributed by atoms with Crippen molar-refractivity contribution in [1.29, 1.82) is 0 Å². The highest BCUT2D eigenvalue weighted by atomic mass is 32.2. The molecule has 3 heteroatoms. The van der Waals surface area contributed by atoms with Crippen molar-refractivity contribution in [2.45, 2.75) is 56.4 Å². The molecule has 2 saturated heterocycles. The molecule has 0 saturated carbocycles. The summed E-state index contributed by atoms with van der Waals surface area (Å²) in [4.78, 5) is 2.48. The van der Waals surface area contributed by atoms with Crippen LogP contribution >= 0.6 is 11.8 Å². The van der Waals surface area contributed by atoms with Crippen LogP contribution in [-0.4, -0.2) is 48.1 Å². The topological polar surface area (TPSA) is 15.3 Å². The number of likely N-dealkylation sites (tertiary alicyclic amines) is 1. The second kappa shape index (κ2) is 6.27. The minimum absolute atomic E-state index is 0.755. The lowest BCUT2D eigenvalue weighted by atomic mass is 9.99. The van der Waals surface area contributed by atoms with E-state index < -0.39 is 0 Å². The summed E-state index contributed by atoms with van der Waals surface area (Å²) in [5.41, 5.74) is 0. The Balaban J connectivity index is 1.65. The van der Waals surface area contributed by atoms with Gasteiger partial charge in [-0.05, 0) is 52.0 Å². The molecule has 0 aromatic carbocycles. The van der Waals surface area contributed by atoms with Crippen molar-refractivity contribution < 1.29 is 0 Å². The molecule has 0 aromatic heterocycles. The second-order valence-electron chi connectivity index (χ2n) is 5.45. The van der Waals surface area contributed by atoms with E-state index in [2.05, 4.69) is 35.9 Å². The molecule has 2 nitrogen and oxygen atoms in total. The highest BCUT2D eigenvalue weighted by Crippen LogP contribution is 2.25. The van der Waals surface area contributed by atoms with Gasteiger partial charge in [-0.15, -0.1) is 0 Å². The minimum atomic E-state index is 0.755. The molecule has 2 aliphatic heterocycles. The summed E-state index contributed by atoms with van der Waals surface area (Å²) in [7, 11) is 2.25. The van der Waals surface area contributed by atoms with Gasteiger partial charge in [0.15, 0.2) is 0 Å². The first-order valence-corrected chi connectivity index (χ1v) is 7.86.